The molecule has 2 aliphatic rings. The second-order valence-electron chi connectivity index (χ2n) is 7.84. The Morgan fingerprint density at radius 2 is 1.70 bits per heavy atom. The van der Waals surface area contributed by atoms with Crippen LogP contribution in [0, 0.1) is 5.82 Å². The highest BCUT2D eigenvalue weighted by molar-refractivity contribution is 5.74. The highest BCUT2D eigenvalue weighted by Gasteiger charge is 2.21. The summed E-state index contributed by atoms with van der Waals surface area (Å²) in [7, 11) is 0. The van der Waals surface area contributed by atoms with Crippen molar-refractivity contribution in [3.63, 3.8) is 0 Å². The van der Waals surface area contributed by atoms with Crippen LogP contribution in [0.15, 0.2) is 42.5 Å². The molecule has 6 nitrogen and oxygen atoms in total. The number of nitrogens with zero attached hydrogens (tertiary/aromatic N) is 1. The molecule has 0 spiro atoms. The number of ether oxygens (including phenoxy) is 2. The van der Waals surface area contributed by atoms with Crippen LogP contribution >= 0.6 is 0 Å². The van der Waals surface area contributed by atoms with E-state index in [1.165, 1.54) is 25.0 Å². The molecule has 1 fully saturated rings. The molecule has 2 amide bonds. The Balaban J connectivity index is 1.37. The first-order valence-electron chi connectivity index (χ1n) is 10.6. The lowest BCUT2D eigenvalue weighted by atomic mass is 10.0. The third-order valence-electron chi connectivity index (χ3n) is 5.47. The minimum Gasteiger partial charge on any atom is -0.486 e. The molecule has 30 heavy (non-hydrogen) atoms. The number of halogens is 1. The van der Waals surface area contributed by atoms with Gasteiger partial charge in [-0.3, -0.25) is 0 Å². The van der Waals surface area contributed by atoms with Crippen molar-refractivity contribution < 1.29 is 18.7 Å². The first kappa shape index (κ1) is 20.5. The van der Waals surface area contributed by atoms with Gasteiger partial charge in [0.25, 0.3) is 0 Å². The molecule has 2 aromatic carbocycles. The molecule has 1 unspecified atom stereocenters. The van der Waals surface area contributed by atoms with Crippen molar-refractivity contribution >= 4 is 6.03 Å². The molecule has 0 bridgehead atoms. The fourth-order valence-electron chi connectivity index (χ4n) is 3.96. The predicted molar refractivity (Wildman–Crippen MR) is 112 cm³/mol. The van der Waals surface area contributed by atoms with Crippen LogP contribution < -0.4 is 20.1 Å². The van der Waals surface area contributed by atoms with Crippen LogP contribution in [0.1, 0.15) is 24.0 Å². The molecule has 0 aliphatic carbocycles. The molecule has 0 saturated carbocycles. The molecule has 1 atom stereocenters. The number of amides is 2. The van der Waals surface area contributed by atoms with Gasteiger partial charge in [-0.1, -0.05) is 18.2 Å². The molecule has 4 rings (SSSR count). The number of likely N-dealkylation sites (tertiary alicyclic amines) is 1. The lowest BCUT2D eigenvalue weighted by Gasteiger charge is -2.25. The van der Waals surface area contributed by atoms with Gasteiger partial charge in [-0.2, -0.15) is 0 Å². The molecule has 2 aliphatic heterocycles. The molecule has 0 radical (unpaired) electrons. The zero-order chi connectivity index (χ0) is 20.8. The average Bonchev–Trinajstić information content (AvgIpc) is 3.26. The van der Waals surface area contributed by atoms with Crippen molar-refractivity contribution in [3.05, 3.63) is 59.4 Å². The van der Waals surface area contributed by atoms with Crippen LogP contribution in [0.5, 0.6) is 11.5 Å². The summed E-state index contributed by atoms with van der Waals surface area (Å²) in [5, 5.41) is 5.99. The van der Waals surface area contributed by atoms with Crippen LogP contribution in [0.25, 0.3) is 0 Å². The van der Waals surface area contributed by atoms with Crippen LogP contribution in [-0.2, 0) is 13.0 Å². The monoisotopic (exact) mass is 413 g/mol. The Morgan fingerprint density at radius 3 is 2.47 bits per heavy atom. The highest BCUT2D eigenvalue weighted by Crippen LogP contribution is 2.31. The maximum absolute atomic E-state index is 13.0. The van der Waals surface area contributed by atoms with E-state index in [4.69, 9.17) is 9.47 Å². The third kappa shape index (κ3) is 5.63. The summed E-state index contributed by atoms with van der Waals surface area (Å²) in [4.78, 5) is 14.9. The number of fused-ring (bicyclic) bond motifs is 1. The fraction of sp³-hybridized carbons (Fsp3) is 0.435. The van der Waals surface area contributed by atoms with Gasteiger partial charge in [0.15, 0.2) is 11.5 Å². The van der Waals surface area contributed by atoms with E-state index < -0.39 is 0 Å². The van der Waals surface area contributed by atoms with E-state index in [1.807, 2.05) is 18.2 Å². The van der Waals surface area contributed by atoms with Crippen LogP contribution in [-0.4, -0.2) is 49.8 Å². The highest BCUT2D eigenvalue weighted by atomic mass is 19.1. The number of hydrogen-bond acceptors (Lipinski definition) is 4. The lowest BCUT2D eigenvalue weighted by molar-refractivity contribution is 0.171. The number of benzene rings is 2. The molecule has 7 heteroatoms. The van der Waals surface area contributed by atoms with E-state index >= 15 is 0 Å². The first-order valence-corrected chi connectivity index (χ1v) is 10.6. The van der Waals surface area contributed by atoms with E-state index in [9.17, 15) is 9.18 Å². The van der Waals surface area contributed by atoms with Gasteiger partial charge in [0.05, 0.1) is 0 Å². The summed E-state index contributed by atoms with van der Waals surface area (Å²) >= 11 is 0. The second-order valence-corrected chi connectivity index (χ2v) is 7.84. The van der Waals surface area contributed by atoms with Gasteiger partial charge in [0.2, 0.25) is 0 Å². The van der Waals surface area contributed by atoms with Crippen molar-refractivity contribution in [2.24, 2.45) is 0 Å². The van der Waals surface area contributed by atoms with Gasteiger partial charge in [0.1, 0.15) is 19.0 Å². The fourth-order valence-corrected chi connectivity index (χ4v) is 3.96. The second kappa shape index (κ2) is 9.80. The van der Waals surface area contributed by atoms with Crippen molar-refractivity contribution in [2.45, 2.75) is 31.8 Å². The summed E-state index contributed by atoms with van der Waals surface area (Å²) in [6.07, 6.45) is 3.11. The normalized spacial score (nSPS) is 16.8. The predicted octanol–water partition coefficient (Wildman–Crippen LogP) is 3.10. The Morgan fingerprint density at radius 1 is 1.00 bits per heavy atom. The number of hydrogen-bond donors (Lipinski definition) is 2. The summed E-state index contributed by atoms with van der Waals surface area (Å²) in [6, 6.07) is 11.9. The Hall–Kier alpha value is -2.80. The topological polar surface area (TPSA) is 62.8 Å². The molecule has 2 heterocycles. The van der Waals surface area contributed by atoms with E-state index in [0.29, 0.717) is 26.2 Å². The van der Waals surface area contributed by atoms with Gasteiger partial charge < -0.3 is 25.0 Å². The standard InChI is InChI=1S/C23H28FN3O3/c24-19-6-3-17(4-7-19)15-25-23(28)26-20(16-27-9-1-2-10-27)13-18-5-8-21-22(14-18)30-12-11-29-21/h3-8,14,20H,1-2,9-13,15-16H2,(H2,25,26,28). The van der Waals surface area contributed by atoms with Gasteiger partial charge in [0, 0.05) is 19.1 Å². The van der Waals surface area contributed by atoms with Crippen molar-refractivity contribution in [1.82, 2.24) is 15.5 Å². The van der Waals surface area contributed by atoms with Gasteiger partial charge in [-0.05, 0) is 67.7 Å². The van der Waals surface area contributed by atoms with Crippen LogP contribution in [0.2, 0.25) is 0 Å². The van der Waals surface area contributed by atoms with Gasteiger partial charge in [-0.25, -0.2) is 9.18 Å². The van der Waals surface area contributed by atoms with Crippen molar-refractivity contribution in [1.29, 1.82) is 0 Å². The van der Waals surface area contributed by atoms with Crippen LogP contribution in [0.4, 0.5) is 9.18 Å². The van der Waals surface area contributed by atoms with E-state index in [1.54, 1.807) is 12.1 Å². The summed E-state index contributed by atoms with van der Waals surface area (Å²) < 4.78 is 24.3. The number of nitrogens with one attached hydrogen (secondary N) is 2. The van der Waals surface area contributed by atoms with Crippen molar-refractivity contribution in [3.8, 4) is 11.5 Å². The van der Waals surface area contributed by atoms with E-state index in [-0.39, 0.29) is 17.9 Å². The molecule has 0 aromatic heterocycles. The van der Waals surface area contributed by atoms with E-state index in [2.05, 4.69) is 15.5 Å². The summed E-state index contributed by atoms with van der Waals surface area (Å²) in [6.45, 7) is 4.41. The average molecular weight is 413 g/mol. The zero-order valence-electron chi connectivity index (χ0n) is 17.0. The van der Waals surface area contributed by atoms with Gasteiger partial charge in [-0.15, -0.1) is 0 Å². The number of urea groups is 1. The molecule has 1 saturated heterocycles. The number of carbonyl (C=O) groups excluding carboxylic acids is 1. The maximum atomic E-state index is 13.0. The minimum absolute atomic E-state index is 0.0288. The van der Waals surface area contributed by atoms with Gasteiger partial charge >= 0.3 is 6.03 Å². The zero-order valence-corrected chi connectivity index (χ0v) is 17.0. The number of rotatable bonds is 7. The summed E-state index contributed by atoms with van der Waals surface area (Å²) in [5.74, 6) is 1.25. The lowest BCUT2D eigenvalue weighted by Crippen LogP contribution is -2.48. The molecular formula is C23H28FN3O3. The smallest absolute Gasteiger partial charge is 0.315 e. The van der Waals surface area contributed by atoms with Crippen molar-refractivity contribution in [2.75, 3.05) is 32.8 Å². The Kier molecular flexibility index (Phi) is 6.69. The quantitative estimate of drug-likeness (QED) is 0.732. The Bertz CT molecular complexity index is 853. The Labute approximate surface area is 176 Å². The number of carbonyl (C=O) groups is 1. The molecular weight excluding hydrogens is 385 g/mol. The third-order valence-corrected chi connectivity index (χ3v) is 5.47. The molecule has 160 valence electrons. The molecule has 2 aromatic rings. The first-order chi connectivity index (χ1) is 14.7. The SMILES string of the molecule is O=C(NCc1ccc(F)cc1)NC(Cc1ccc2c(c1)OCCO2)CN1CCCC1. The molecule has 2 N–H and O–H groups in total. The van der Waals surface area contributed by atoms with E-state index in [0.717, 1.165) is 42.3 Å². The minimum atomic E-state index is -0.284. The largest absolute Gasteiger partial charge is 0.486 e. The van der Waals surface area contributed by atoms with Crippen LogP contribution in [0.3, 0.4) is 0 Å². The maximum Gasteiger partial charge on any atom is 0.315 e. The summed E-state index contributed by atoms with van der Waals surface area (Å²) in [5.41, 5.74) is 1.96.